The molecule has 0 spiro atoms. The minimum Gasteiger partial charge on any atom is -0.481 e. The molecule has 2 atom stereocenters. The molecule has 0 aromatic heterocycles. The molecule has 1 N–H and O–H groups in total. The monoisotopic (exact) mass is 251 g/mol. The predicted octanol–water partition coefficient (Wildman–Crippen LogP) is 0.590. The number of ether oxygens (including phenoxy) is 1. The van der Waals surface area contributed by atoms with Crippen LogP contribution in [-0.4, -0.2) is 54.1 Å². The van der Waals surface area contributed by atoms with Crippen molar-refractivity contribution in [3.63, 3.8) is 0 Å². The van der Waals surface area contributed by atoms with E-state index in [2.05, 4.69) is 0 Å². The highest BCUT2D eigenvalue weighted by atomic mass is 19.3. The molecule has 1 saturated heterocycles. The molecule has 0 bridgehead atoms. The van der Waals surface area contributed by atoms with Crippen molar-refractivity contribution in [3.8, 4) is 0 Å². The topological polar surface area (TPSA) is 66.8 Å². The molecule has 0 aromatic rings. The van der Waals surface area contributed by atoms with Crippen molar-refractivity contribution in [3.05, 3.63) is 0 Å². The van der Waals surface area contributed by atoms with E-state index in [1.54, 1.807) is 6.92 Å². The van der Waals surface area contributed by atoms with Crippen LogP contribution in [0.1, 0.15) is 13.3 Å². The summed E-state index contributed by atoms with van der Waals surface area (Å²) in [5.74, 6) is -3.38. The smallest absolute Gasteiger partial charge is 0.315 e. The van der Waals surface area contributed by atoms with E-state index in [0.29, 0.717) is 6.42 Å². The van der Waals surface area contributed by atoms with Crippen molar-refractivity contribution in [1.29, 1.82) is 0 Å². The van der Waals surface area contributed by atoms with E-state index < -0.39 is 30.3 Å². The van der Waals surface area contributed by atoms with E-state index >= 15 is 0 Å². The van der Waals surface area contributed by atoms with Crippen LogP contribution in [0, 0.1) is 5.92 Å². The third-order valence-corrected chi connectivity index (χ3v) is 2.70. The zero-order valence-electron chi connectivity index (χ0n) is 9.44. The van der Waals surface area contributed by atoms with E-state index in [-0.39, 0.29) is 19.8 Å². The van der Waals surface area contributed by atoms with Crippen LogP contribution < -0.4 is 0 Å². The number of hydrogen-bond acceptors (Lipinski definition) is 3. The SMILES string of the molecule is CCCN(C(=O)C(F)F)C1COCC1C(=O)O. The van der Waals surface area contributed by atoms with Gasteiger partial charge in [0.2, 0.25) is 0 Å². The minimum absolute atomic E-state index is 0.00454. The van der Waals surface area contributed by atoms with Gasteiger partial charge in [-0.25, -0.2) is 0 Å². The van der Waals surface area contributed by atoms with Crippen LogP contribution in [0.2, 0.25) is 0 Å². The first-order chi connectivity index (χ1) is 7.99. The molecule has 0 saturated carbocycles. The first-order valence-electron chi connectivity index (χ1n) is 5.38. The van der Waals surface area contributed by atoms with Crippen molar-refractivity contribution < 1.29 is 28.2 Å². The molecule has 2 unspecified atom stereocenters. The van der Waals surface area contributed by atoms with E-state index in [9.17, 15) is 18.4 Å². The molecule has 5 nitrogen and oxygen atoms in total. The van der Waals surface area contributed by atoms with Crippen molar-refractivity contribution in [2.75, 3.05) is 19.8 Å². The van der Waals surface area contributed by atoms with Crippen LogP contribution >= 0.6 is 0 Å². The van der Waals surface area contributed by atoms with E-state index in [1.165, 1.54) is 0 Å². The van der Waals surface area contributed by atoms with Crippen LogP contribution in [0.25, 0.3) is 0 Å². The van der Waals surface area contributed by atoms with Gasteiger partial charge >= 0.3 is 12.4 Å². The Morgan fingerprint density at radius 2 is 2.12 bits per heavy atom. The Morgan fingerprint density at radius 1 is 1.47 bits per heavy atom. The Labute approximate surface area is 97.3 Å². The Hall–Kier alpha value is -1.24. The molecule has 7 heteroatoms. The highest BCUT2D eigenvalue weighted by Gasteiger charge is 2.41. The number of carbonyl (C=O) groups excluding carboxylic acids is 1. The van der Waals surface area contributed by atoms with Gasteiger partial charge in [0.25, 0.3) is 5.91 Å². The van der Waals surface area contributed by atoms with Crippen LogP contribution in [0.5, 0.6) is 0 Å². The molecule has 1 fully saturated rings. The normalized spacial score (nSPS) is 24.0. The maximum atomic E-state index is 12.4. The maximum Gasteiger partial charge on any atom is 0.315 e. The van der Waals surface area contributed by atoms with Gasteiger partial charge in [-0.3, -0.25) is 9.59 Å². The summed E-state index contributed by atoms with van der Waals surface area (Å²) >= 11 is 0. The number of aliphatic carboxylic acids is 1. The standard InChI is InChI=1S/C10H15F2NO4/c1-2-3-13(9(14)8(11)12)7-5-17-4-6(7)10(15)16/h6-8H,2-5H2,1H3,(H,15,16). The van der Waals surface area contributed by atoms with Crippen molar-refractivity contribution in [1.82, 2.24) is 4.90 Å². The van der Waals surface area contributed by atoms with Crippen molar-refractivity contribution in [2.45, 2.75) is 25.8 Å². The van der Waals surface area contributed by atoms with Crippen LogP contribution in [-0.2, 0) is 14.3 Å². The number of rotatable bonds is 5. The van der Waals surface area contributed by atoms with Gasteiger partial charge in [0, 0.05) is 6.54 Å². The first-order valence-corrected chi connectivity index (χ1v) is 5.38. The van der Waals surface area contributed by atoms with E-state index in [1.807, 2.05) is 0 Å². The van der Waals surface area contributed by atoms with Crippen molar-refractivity contribution in [2.24, 2.45) is 5.92 Å². The summed E-state index contributed by atoms with van der Waals surface area (Å²) in [6.45, 7) is 1.80. The summed E-state index contributed by atoms with van der Waals surface area (Å²) in [5, 5.41) is 8.92. The number of hydrogen-bond donors (Lipinski definition) is 1. The molecule has 1 aliphatic heterocycles. The third kappa shape index (κ3) is 3.12. The second-order valence-electron chi connectivity index (χ2n) is 3.88. The second-order valence-corrected chi connectivity index (χ2v) is 3.88. The Bertz CT molecular complexity index is 298. The van der Waals surface area contributed by atoms with Gasteiger partial charge in [-0.05, 0) is 6.42 Å². The number of alkyl halides is 2. The molecule has 98 valence electrons. The molecular formula is C10H15F2NO4. The number of nitrogens with zero attached hydrogens (tertiary/aromatic N) is 1. The number of halogens is 2. The van der Waals surface area contributed by atoms with E-state index in [0.717, 1.165) is 4.90 Å². The minimum atomic E-state index is -3.11. The summed E-state index contributed by atoms with van der Waals surface area (Å²) in [6, 6.07) is -0.797. The van der Waals surface area contributed by atoms with Gasteiger partial charge in [0.05, 0.1) is 19.3 Å². The van der Waals surface area contributed by atoms with Gasteiger partial charge in [-0.2, -0.15) is 8.78 Å². The number of carboxylic acids is 1. The first kappa shape index (κ1) is 13.8. The van der Waals surface area contributed by atoms with Crippen LogP contribution in [0.4, 0.5) is 8.78 Å². The largest absolute Gasteiger partial charge is 0.481 e. The van der Waals surface area contributed by atoms with Gasteiger partial charge in [-0.1, -0.05) is 6.92 Å². The average Bonchev–Trinajstić information content (AvgIpc) is 2.73. The summed E-state index contributed by atoms with van der Waals surface area (Å²) in [4.78, 5) is 23.2. The summed E-state index contributed by atoms with van der Waals surface area (Å²) in [7, 11) is 0. The summed E-state index contributed by atoms with van der Waals surface area (Å²) in [5.41, 5.74) is 0. The molecule has 0 aliphatic carbocycles. The Morgan fingerprint density at radius 3 is 2.59 bits per heavy atom. The maximum absolute atomic E-state index is 12.4. The van der Waals surface area contributed by atoms with E-state index in [4.69, 9.17) is 9.84 Å². The predicted molar refractivity (Wildman–Crippen MR) is 53.7 cm³/mol. The van der Waals surface area contributed by atoms with Crippen LogP contribution in [0.3, 0.4) is 0 Å². The van der Waals surface area contributed by atoms with Gasteiger partial charge in [0.1, 0.15) is 5.92 Å². The Balaban J connectivity index is 2.82. The molecule has 1 amide bonds. The molecule has 1 heterocycles. The van der Waals surface area contributed by atoms with Gasteiger partial charge in [-0.15, -0.1) is 0 Å². The fourth-order valence-corrected chi connectivity index (χ4v) is 1.89. The highest BCUT2D eigenvalue weighted by Crippen LogP contribution is 2.21. The zero-order chi connectivity index (χ0) is 13.0. The lowest BCUT2D eigenvalue weighted by Gasteiger charge is -2.29. The molecule has 17 heavy (non-hydrogen) atoms. The molecular weight excluding hydrogens is 236 g/mol. The fourth-order valence-electron chi connectivity index (χ4n) is 1.89. The number of amides is 1. The van der Waals surface area contributed by atoms with Gasteiger partial charge < -0.3 is 14.7 Å². The van der Waals surface area contributed by atoms with Crippen molar-refractivity contribution >= 4 is 11.9 Å². The second kappa shape index (κ2) is 5.90. The lowest BCUT2D eigenvalue weighted by atomic mass is 10.0. The third-order valence-electron chi connectivity index (χ3n) is 2.70. The average molecular weight is 251 g/mol. The van der Waals surface area contributed by atoms with Crippen LogP contribution in [0.15, 0.2) is 0 Å². The molecule has 1 rings (SSSR count). The van der Waals surface area contributed by atoms with Gasteiger partial charge in [0.15, 0.2) is 0 Å². The molecule has 0 radical (unpaired) electrons. The summed E-state index contributed by atoms with van der Waals surface area (Å²) in [6.07, 6.45) is -2.63. The highest BCUT2D eigenvalue weighted by molar-refractivity contribution is 5.81. The lowest BCUT2D eigenvalue weighted by molar-refractivity contribution is -0.150. The fraction of sp³-hybridized carbons (Fsp3) is 0.800. The molecule has 0 aromatic carbocycles. The number of carboxylic acid groups (broad SMARTS) is 1. The summed E-state index contributed by atoms with van der Waals surface area (Å²) < 4.78 is 29.8. The zero-order valence-corrected chi connectivity index (χ0v) is 9.44. The molecule has 1 aliphatic rings. The Kier molecular flexibility index (Phi) is 4.80. The quantitative estimate of drug-likeness (QED) is 0.776. The lowest BCUT2D eigenvalue weighted by Crippen LogP contribution is -2.49. The number of carbonyl (C=O) groups is 2.